The highest BCUT2D eigenvalue weighted by Gasteiger charge is 2.30. The van der Waals surface area contributed by atoms with Crippen molar-refractivity contribution in [2.24, 2.45) is 5.92 Å². The maximum absolute atomic E-state index is 12.8. The second-order valence-electron chi connectivity index (χ2n) is 11.4. The number of hydrogen-bond acceptors (Lipinski definition) is 9. The Hall–Kier alpha value is -3.73. The van der Waals surface area contributed by atoms with E-state index < -0.39 is 23.6 Å². The van der Waals surface area contributed by atoms with Crippen LogP contribution in [0.1, 0.15) is 86.1 Å². The molecule has 2 aromatic heterocycles. The molecule has 0 radical (unpaired) electrons. The van der Waals surface area contributed by atoms with Crippen LogP contribution in [0.15, 0.2) is 48.8 Å². The highest BCUT2D eigenvalue weighted by molar-refractivity contribution is 6.05. The van der Waals surface area contributed by atoms with Crippen LogP contribution in [0.25, 0.3) is 0 Å². The number of methoxy groups -OCH3 is 1. The number of nitrogens with one attached hydrogen (secondary N) is 1. The zero-order valence-electron chi connectivity index (χ0n) is 25.6. The molecular weight excluding hydrogens is 562 g/mol. The highest BCUT2D eigenvalue weighted by Crippen LogP contribution is 2.43. The third-order valence-corrected chi connectivity index (χ3v) is 8.09. The number of pyridine rings is 1. The topological polar surface area (TPSA) is 179 Å². The van der Waals surface area contributed by atoms with Gasteiger partial charge in [0.15, 0.2) is 29.2 Å². The molecule has 0 aliphatic rings. The number of Topliss-reactive ketones (excluding diaryl/α,β-unsaturated/α-hetero) is 2. The van der Waals surface area contributed by atoms with E-state index >= 15 is 0 Å². The standard InChI is InChI=1S/C34H47N3O7/c1-44-30-19-23(12-13-29(41)34(43)28(40)11-7-5-3-2-4-6-8-17-38)18-27(33(30)42)32(24-14-16-37-31(35)21-24)25(22-39)20-26-10-9-15-36-26/h9-10,14-16,18-19,21,25,32,34,36,38-39,42-43H,2-8,11-13,17,20,22H2,1H3,(H2,35,37)/t25-,32-,34+/m0/s1. The van der Waals surface area contributed by atoms with Gasteiger partial charge in [-0.1, -0.05) is 38.2 Å². The fourth-order valence-corrected chi connectivity index (χ4v) is 5.67. The van der Waals surface area contributed by atoms with E-state index in [4.69, 9.17) is 15.6 Å². The number of aryl methyl sites for hydroxylation is 1. The van der Waals surface area contributed by atoms with E-state index in [-0.39, 0.29) is 49.9 Å². The molecule has 0 spiro atoms. The van der Waals surface area contributed by atoms with E-state index in [0.717, 1.165) is 49.8 Å². The summed E-state index contributed by atoms with van der Waals surface area (Å²) in [7, 11) is 1.44. The third-order valence-electron chi connectivity index (χ3n) is 8.09. The van der Waals surface area contributed by atoms with Crippen LogP contribution in [0.2, 0.25) is 0 Å². The van der Waals surface area contributed by atoms with Crippen molar-refractivity contribution in [1.29, 1.82) is 0 Å². The van der Waals surface area contributed by atoms with Gasteiger partial charge in [-0.25, -0.2) is 4.98 Å². The van der Waals surface area contributed by atoms with Crippen molar-refractivity contribution in [3.05, 3.63) is 71.2 Å². The molecule has 7 N–H and O–H groups in total. The second-order valence-corrected chi connectivity index (χ2v) is 11.4. The van der Waals surface area contributed by atoms with Crippen molar-refractivity contribution in [2.75, 3.05) is 26.1 Å². The van der Waals surface area contributed by atoms with Crippen LogP contribution in [0.5, 0.6) is 11.5 Å². The number of carbonyl (C=O) groups excluding carboxylic acids is 2. The summed E-state index contributed by atoms with van der Waals surface area (Å²) in [4.78, 5) is 32.5. The molecule has 0 aliphatic heterocycles. The Kier molecular flexibility index (Phi) is 14.3. The number of unbranched alkanes of at least 4 members (excludes halogenated alkanes) is 6. The summed E-state index contributed by atoms with van der Waals surface area (Å²) in [6, 6.07) is 10.7. The highest BCUT2D eigenvalue weighted by atomic mass is 16.5. The number of nitrogens with zero attached hydrogens (tertiary/aromatic N) is 1. The first-order valence-corrected chi connectivity index (χ1v) is 15.5. The molecule has 3 rings (SSSR count). The second kappa shape index (κ2) is 18.2. The molecule has 0 saturated carbocycles. The van der Waals surface area contributed by atoms with Gasteiger partial charge in [-0.3, -0.25) is 9.59 Å². The lowest BCUT2D eigenvalue weighted by molar-refractivity contribution is -0.138. The maximum atomic E-state index is 12.8. The van der Waals surface area contributed by atoms with Crippen molar-refractivity contribution in [3.63, 3.8) is 0 Å². The third kappa shape index (κ3) is 10.2. The summed E-state index contributed by atoms with van der Waals surface area (Å²) >= 11 is 0. The number of aromatic hydroxyl groups is 1. The number of phenolic OH excluding ortho intramolecular Hbond substituents is 1. The maximum Gasteiger partial charge on any atom is 0.170 e. The summed E-state index contributed by atoms with van der Waals surface area (Å²) in [5.41, 5.74) is 8.85. The molecule has 44 heavy (non-hydrogen) atoms. The van der Waals surface area contributed by atoms with Gasteiger partial charge in [0.05, 0.1) is 7.11 Å². The number of phenols is 1. The molecule has 0 aliphatic carbocycles. The van der Waals surface area contributed by atoms with Crippen molar-refractivity contribution >= 4 is 17.4 Å². The number of aliphatic hydroxyl groups is 3. The minimum absolute atomic E-state index is 0.0656. The lowest BCUT2D eigenvalue weighted by Gasteiger charge is -2.28. The normalized spacial score (nSPS) is 13.4. The quantitative estimate of drug-likeness (QED) is 0.0761. The number of H-pyrrole nitrogens is 1. The zero-order chi connectivity index (χ0) is 31.9. The molecule has 0 saturated heterocycles. The number of aromatic nitrogens is 2. The number of hydrogen-bond donors (Lipinski definition) is 6. The number of benzene rings is 1. The fraction of sp³-hybridized carbons (Fsp3) is 0.500. The van der Waals surface area contributed by atoms with Crippen LogP contribution in [0.4, 0.5) is 5.82 Å². The largest absolute Gasteiger partial charge is 0.504 e. The van der Waals surface area contributed by atoms with Crippen LogP contribution >= 0.6 is 0 Å². The molecule has 1 aromatic carbocycles. The van der Waals surface area contributed by atoms with Crippen LogP contribution in [-0.2, 0) is 22.4 Å². The summed E-state index contributed by atoms with van der Waals surface area (Å²) in [5, 5.41) is 41.0. The van der Waals surface area contributed by atoms with Gasteiger partial charge in [-0.15, -0.1) is 0 Å². The van der Waals surface area contributed by atoms with Crippen molar-refractivity contribution < 1.29 is 34.8 Å². The minimum atomic E-state index is -1.66. The van der Waals surface area contributed by atoms with E-state index in [1.165, 1.54) is 7.11 Å². The summed E-state index contributed by atoms with van der Waals surface area (Å²) in [5.74, 6) is -1.45. The Balaban J connectivity index is 1.73. The molecule has 0 fully saturated rings. The monoisotopic (exact) mass is 609 g/mol. The van der Waals surface area contributed by atoms with Gasteiger partial charge in [0.2, 0.25) is 0 Å². The van der Waals surface area contributed by atoms with Gasteiger partial charge >= 0.3 is 0 Å². The SMILES string of the molecule is COc1cc(CCC(=O)[C@H](O)C(=O)CCCCCCCCCO)cc([C@@H](c2ccnc(N)c2)[C@H](CO)Cc2ccc[nH]2)c1O. The smallest absolute Gasteiger partial charge is 0.170 e. The molecule has 3 aromatic rings. The van der Waals surface area contributed by atoms with Crippen LogP contribution < -0.4 is 10.5 Å². The average Bonchev–Trinajstić information content (AvgIpc) is 3.54. The lowest BCUT2D eigenvalue weighted by atomic mass is 9.78. The Bertz CT molecular complexity index is 1310. The van der Waals surface area contributed by atoms with E-state index in [1.807, 2.05) is 18.3 Å². The Morgan fingerprint density at radius 3 is 2.32 bits per heavy atom. The van der Waals surface area contributed by atoms with E-state index in [9.17, 15) is 24.9 Å². The van der Waals surface area contributed by atoms with Crippen molar-refractivity contribution in [3.8, 4) is 11.5 Å². The molecule has 0 amide bonds. The number of aliphatic hydroxyl groups excluding tert-OH is 3. The molecular formula is C34H47N3O7. The number of nitrogen functional groups attached to an aromatic ring is 1. The number of nitrogens with two attached hydrogens (primary N) is 1. The average molecular weight is 610 g/mol. The molecule has 0 bridgehead atoms. The van der Waals surface area contributed by atoms with Gasteiger partial charge in [-0.05, 0) is 73.1 Å². The van der Waals surface area contributed by atoms with Crippen molar-refractivity contribution in [2.45, 2.75) is 82.7 Å². The van der Waals surface area contributed by atoms with Crippen LogP contribution in [0.3, 0.4) is 0 Å². The lowest BCUT2D eigenvalue weighted by Crippen LogP contribution is -2.30. The van der Waals surface area contributed by atoms with Gasteiger partial charge < -0.3 is 35.9 Å². The van der Waals surface area contributed by atoms with Gasteiger partial charge in [-0.2, -0.15) is 0 Å². The van der Waals surface area contributed by atoms with E-state index in [0.29, 0.717) is 29.8 Å². The zero-order valence-corrected chi connectivity index (χ0v) is 25.6. The summed E-state index contributed by atoms with van der Waals surface area (Å²) in [6.45, 7) is 0.0245. The predicted molar refractivity (Wildman–Crippen MR) is 169 cm³/mol. The molecule has 0 unspecified atom stereocenters. The van der Waals surface area contributed by atoms with Gasteiger partial charge in [0.1, 0.15) is 5.82 Å². The molecule has 2 heterocycles. The molecule has 10 nitrogen and oxygen atoms in total. The first kappa shape index (κ1) is 34.8. The number of ether oxygens (including phenoxy) is 1. The first-order valence-electron chi connectivity index (χ1n) is 15.5. The minimum Gasteiger partial charge on any atom is -0.504 e. The first-order chi connectivity index (χ1) is 21.3. The number of ketones is 2. The van der Waals surface area contributed by atoms with E-state index in [1.54, 1.807) is 30.5 Å². The van der Waals surface area contributed by atoms with Crippen molar-refractivity contribution in [1.82, 2.24) is 9.97 Å². The van der Waals surface area contributed by atoms with E-state index in [2.05, 4.69) is 9.97 Å². The molecule has 10 heteroatoms. The number of carbonyl (C=O) groups is 2. The Morgan fingerprint density at radius 1 is 0.977 bits per heavy atom. The Morgan fingerprint density at radius 2 is 1.68 bits per heavy atom. The Labute approximate surface area is 259 Å². The number of aromatic amines is 1. The molecule has 3 atom stereocenters. The van der Waals surface area contributed by atoms with Gasteiger partial charge in [0, 0.05) is 55.6 Å². The number of rotatable bonds is 21. The summed E-state index contributed by atoms with van der Waals surface area (Å²) < 4.78 is 5.48. The van der Waals surface area contributed by atoms with Crippen LogP contribution in [-0.4, -0.2) is 68.4 Å². The predicted octanol–water partition coefficient (Wildman–Crippen LogP) is 4.23. The van der Waals surface area contributed by atoms with Crippen LogP contribution in [0, 0.1) is 5.92 Å². The van der Waals surface area contributed by atoms with Gasteiger partial charge in [0.25, 0.3) is 0 Å². The molecule has 240 valence electrons. The number of anilines is 1. The fourth-order valence-electron chi connectivity index (χ4n) is 5.67. The summed E-state index contributed by atoms with van der Waals surface area (Å²) in [6.07, 6.45) is 8.84.